The molecule has 0 bridgehead atoms. The summed E-state index contributed by atoms with van der Waals surface area (Å²) < 4.78 is 11.5. The van der Waals surface area contributed by atoms with Crippen molar-refractivity contribution in [2.24, 2.45) is 4.99 Å². The summed E-state index contributed by atoms with van der Waals surface area (Å²) >= 11 is 3.34. The largest absolute Gasteiger partial charge is 0.469 e. The second-order valence-corrected chi connectivity index (χ2v) is 5.29. The van der Waals surface area contributed by atoms with Crippen LogP contribution in [0.2, 0.25) is 0 Å². The molecule has 2 aromatic rings. The maximum Gasteiger partial charge on any atom is 0.255 e. The predicted molar refractivity (Wildman–Crippen MR) is 76.1 cm³/mol. The molecule has 0 N–H and O–H groups in total. The zero-order valence-corrected chi connectivity index (χ0v) is 11.6. The Bertz CT molecular complexity index is 651. The topological polar surface area (TPSA) is 30.8 Å². The molecule has 4 heteroatoms. The molecule has 3 nitrogen and oxygen atoms in total. The molecule has 19 heavy (non-hydrogen) atoms. The molecule has 2 aliphatic rings. The van der Waals surface area contributed by atoms with Crippen molar-refractivity contribution in [3.05, 3.63) is 59.7 Å². The first kappa shape index (κ1) is 11.1. The van der Waals surface area contributed by atoms with Gasteiger partial charge in [0.2, 0.25) is 0 Å². The minimum atomic E-state index is -0.496. The Morgan fingerprint density at radius 2 is 1.53 bits per heavy atom. The van der Waals surface area contributed by atoms with Gasteiger partial charge >= 0.3 is 0 Å². The molecule has 2 aliphatic heterocycles. The number of ether oxygens (including phenoxy) is 2. The second kappa shape index (κ2) is 3.84. The van der Waals surface area contributed by atoms with Gasteiger partial charge in [-0.2, -0.15) is 0 Å². The predicted octanol–water partition coefficient (Wildman–Crippen LogP) is 3.82. The molecule has 0 amide bonds. The van der Waals surface area contributed by atoms with Gasteiger partial charge < -0.3 is 9.47 Å². The third-order valence-corrected chi connectivity index (χ3v) is 3.97. The quantitative estimate of drug-likeness (QED) is 0.740. The third kappa shape index (κ3) is 1.46. The second-order valence-electron chi connectivity index (χ2n) is 4.61. The zero-order chi connectivity index (χ0) is 12.9. The molecule has 0 atom stereocenters. The standard InChI is InChI=1S/C15H10BrNO2/c16-14-17-15(9-18-14)10-5-1-3-7-12(10)19-13-8-4-2-6-11(13)15/h1-8H,9H2. The molecule has 4 rings (SSSR count). The van der Waals surface area contributed by atoms with Gasteiger partial charge in [-0.25, -0.2) is 4.99 Å². The van der Waals surface area contributed by atoms with Gasteiger partial charge in [0.05, 0.1) is 0 Å². The number of nitrogens with zero attached hydrogens (tertiary/aromatic N) is 1. The van der Waals surface area contributed by atoms with Crippen molar-refractivity contribution in [1.29, 1.82) is 0 Å². The highest BCUT2D eigenvalue weighted by atomic mass is 79.9. The zero-order valence-electron chi connectivity index (χ0n) is 9.97. The molecule has 0 aliphatic carbocycles. The van der Waals surface area contributed by atoms with E-state index in [1.54, 1.807) is 0 Å². The van der Waals surface area contributed by atoms with Crippen LogP contribution in [0.5, 0.6) is 11.5 Å². The number of rotatable bonds is 0. The average Bonchev–Trinajstić information content (AvgIpc) is 2.82. The number of para-hydroxylation sites is 2. The monoisotopic (exact) mass is 315 g/mol. The lowest BCUT2D eigenvalue weighted by Crippen LogP contribution is -2.30. The van der Waals surface area contributed by atoms with E-state index in [1.807, 2.05) is 48.5 Å². The lowest BCUT2D eigenvalue weighted by molar-refractivity contribution is 0.272. The number of hydrogen-bond donors (Lipinski definition) is 0. The van der Waals surface area contributed by atoms with Gasteiger partial charge in [-0.05, 0) is 12.1 Å². The Morgan fingerprint density at radius 3 is 2.05 bits per heavy atom. The van der Waals surface area contributed by atoms with E-state index in [0.29, 0.717) is 11.4 Å². The summed E-state index contributed by atoms with van der Waals surface area (Å²) in [5.41, 5.74) is 1.59. The van der Waals surface area contributed by atoms with E-state index in [0.717, 1.165) is 22.6 Å². The molecule has 0 radical (unpaired) electrons. The average molecular weight is 316 g/mol. The third-order valence-electron chi connectivity index (χ3n) is 3.56. The van der Waals surface area contributed by atoms with E-state index in [-0.39, 0.29) is 0 Å². The minimum absolute atomic E-state index is 0.491. The first-order valence-corrected chi connectivity index (χ1v) is 6.84. The van der Waals surface area contributed by atoms with Crippen LogP contribution in [0.15, 0.2) is 53.5 Å². The van der Waals surface area contributed by atoms with Crippen LogP contribution >= 0.6 is 15.9 Å². The van der Waals surface area contributed by atoms with E-state index in [9.17, 15) is 0 Å². The first-order chi connectivity index (χ1) is 9.29. The van der Waals surface area contributed by atoms with Gasteiger partial charge in [0.25, 0.3) is 4.81 Å². The first-order valence-electron chi connectivity index (χ1n) is 6.05. The van der Waals surface area contributed by atoms with Crippen LogP contribution < -0.4 is 4.74 Å². The summed E-state index contributed by atoms with van der Waals surface area (Å²) in [5, 5.41) is 0. The van der Waals surface area contributed by atoms with Gasteiger partial charge in [0.15, 0.2) is 5.54 Å². The van der Waals surface area contributed by atoms with Crippen molar-refractivity contribution in [3.8, 4) is 11.5 Å². The number of halogens is 1. The normalized spacial score (nSPS) is 18.1. The number of hydrogen-bond acceptors (Lipinski definition) is 3. The van der Waals surface area contributed by atoms with Crippen molar-refractivity contribution in [2.75, 3.05) is 6.61 Å². The van der Waals surface area contributed by atoms with Crippen LogP contribution in [0.4, 0.5) is 0 Å². The summed E-state index contributed by atoms with van der Waals surface area (Å²) in [6.45, 7) is 0.491. The maximum absolute atomic E-state index is 5.96. The van der Waals surface area contributed by atoms with Crippen molar-refractivity contribution in [3.63, 3.8) is 0 Å². The van der Waals surface area contributed by atoms with Crippen LogP contribution in [0.25, 0.3) is 0 Å². The van der Waals surface area contributed by atoms with Gasteiger partial charge in [-0.1, -0.05) is 36.4 Å². The fraction of sp³-hybridized carbons (Fsp3) is 0.133. The molecule has 94 valence electrons. The van der Waals surface area contributed by atoms with Gasteiger partial charge in [0, 0.05) is 27.1 Å². The van der Waals surface area contributed by atoms with E-state index < -0.39 is 5.54 Å². The smallest absolute Gasteiger partial charge is 0.255 e. The van der Waals surface area contributed by atoms with Crippen molar-refractivity contribution < 1.29 is 9.47 Å². The number of benzene rings is 2. The van der Waals surface area contributed by atoms with Crippen LogP contribution in [0, 0.1) is 0 Å². The summed E-state index contributed by atoms with van der Waals surface area (Å²) in [6.07, 6.45) is 0. The highest BCUT2D eigenvalue weighted by Gasteiger charge is 2.46. The Labute approximate surface area is 119 Å². The van der Waals surface area contributed by atoms with E-state index in [2.05, 4.69) is 15.9 Å². The Hall–Kier alpha value is -1.81. The lowest BCUT2D eigenvalue weighted by atomic mass is 9.81. The Balaban J connectivity index is 2.05. The number of aliphatic imine (C=N–C) groups is 1. The van der Waals surface area contributed by atoms with Crippen molar-refractivity contribution >= 4 is 20.7 Å². The van der Waals surface area contributed by atoms with Gasteiger partial charge in [0.1, 0.15) is 18.1 Å². The van der Waals surface area contributed by atoms with Crippen molar-refractivity contribution in [1.82, 2.24) is 0 Å². The van der Waals surface area contributed by atoms with Crippen molar-refractivity contribution in [2.45, 2.75) is 5.54 Å². The van der Waals surface area contributed by atoms with Crippen LogP contribution in [-0.2, 0) is 10.3 Å². The summed E-state index contributed by atoms with van der Waals surface area (Å²) in [4.78, 5) is 5.23. The molecule has 1 spiro atoms. The molecule has 0 aromatic heterocycles. The molecule has 0 fully saturated rings. The molecule has 0 saturated heterocycles. The van der Waals surface area contributed by atoms with E-state index in [1.165, 1.54) is 0 Å². The molecular formula is C15H10BrNO2. The van der Waals surface area contributed by atoms with Gasteiger partial charge in [-0.3, -0.25) is 0 Å². The molecule has 0 unspecified atom stereocenters. The Kier molecular flexibility index (Phi) is 2.23. The van der Waals surface area contributed by atoms with E-state index >= 15 is 0 Å². The highest BCUT2D eigenvalue weighted by Crippen LogP contribution is 2.50. The fourth-order valence-electron chi connectivity index (χ4n) is 2.71. The lowest BCUT2D eigenvalue weighted by Gasteiger charge is -2.33. The molecule has 2 aromatic carbocycles. The number of fused-ring (bicyclic) bond motifs is 4. The van der Waals surface area contributed by atoms with Gasteiger partial charge in [-0.15, -0.1) is 0 Å². The summed E-state index contributed by atoms with van der Waals surface area (Å²) in [7, 11) is 0. The fourth-order valence-corrected chi connectivity index (χ4v) is 3.13. The Morgan fingerprint density at radius 1 is 0.947 bits per heavy atom. The van der Waals surface area contributed by atoms with Crippen LogP contribution in [0.1, 0.15) is 11.1 Å². The summed E-state index contributed by atoms with van der Waals surface area (Å²) in [6, 6.07) is 16.0. The molecule has 0 saturated carbocycles. The van der Waals surface area contributed by atoms with Crippen LogP contribution in [0.3, 0.4) is 0 Å². The minimum Gasteiger partial charge on any atom is -0.469 e. The highest BCUT2D eigenvalue weighted by molar-refractivity contribution is 9.18. The molecule has 2 heterocycles. The van der Waals surface area contributed by atoms with Crippen LogP contribution in [-0.4, -0.2) is 11.4 Å². The molecular weight excluding hydrogens is 306 g/mol. The van der Waals surface area contributed by atoms with E-state index in [4.69, 9.17) is 14.5 Å². The SMILES string of the molecule is BrC1=NC2(CO1)c1ccccc1Oc1ccccc12. The summed E-state index contributed by atoms with van der Waals surface area (Å²) in [5.74, 6) is 1.69. The maximum atomic E-state index is 5.96.